The van der Waals surface area contributed by atoms with Crippen LogP contribution in [0.15, 0.2) is 30.3 Å². The molecule has 0 aliphatic rings. The lowest BCUT2D eigenvalue weighted by Gasteiger charge is -2.18. The number of rotatable bonds is 5. The van der Waals surface area contributed by atoms with E-state index < -0.39 is 18.0 Å². The van der Waals surface area contributed by atoms with E-state index in [1.807, 2.05) is 32.0 Å². The highest BCUT2D eigenvalue weighted by molar-refractivity contribution is 5.92. The van der Waals surface area contributed by atoms with Gasteiger partial charge in [0.15, 0.2) is 0 Å². The van der Waals surface area contributed by atoms with Gasteiger partial charge in [-0.25, -0.2) is 9.59 Å². The molecule has 0 aliphatic carbocycles. The van der Waals surface area contributed by atoms with E-state index in [0.717, 1.165) is 0 Å². The second kappa shape index (κ2) is 7.41. The summed E-state index contributed by atoms with van der Waals surface area (Å²) in [6, 6.07) is 8.00. The third kappa shape index (κ3) is 5.42. The molecule has 0 bridgehead atoms. The minimum Gasteiger partial charge on any atom is -0.467 e. The van der Waals surface area contributed by atoms with Gasteiger partial charge in [0, 0.05) is 5.69 Å². The molecule has 1 rings (SSSR count). The first-order chi connectivity index (χ1) is 9.02. The zero-order chi connectivity index (χ0) is 14.3. The van der Waals surface area contributed by atoms with Crippen molar-refractivity contribution in [3.05, 3.63) is 30.3 Å². The number of carbonyl (C=O) groups excluding carboxylic acids is 2. The van der Waals surface area contributed by atoms with E-state index in [2.05, 4.69) is 15.4 Å². The zero-order valence-corrected chi connectivity index (χ0v) is 11.5. The number of hydrogen-bond donors (Lipinski definition) is 2. The molecular formula is C14H20N2O3. The lowest BCUT2D eigenvalue weighted by Crippen LogP contribution is -2.44. The van der Waals surface area contributed by atoms with Crippen LogP contribution >= 0.6 is 0 Å². The molecule has 104 valence electrons. The fourth-order valence-electron chi connectivity index (χ4n) is 1.67. The molecule has 1 aromatic rings. The Hall–Kier alpha value is -2.04. The van der Waals surface area contributed by atoms with Gasteiger partial charge < -0.3 is 15.4 Å². The third-order valence-electron chi connectivity index (χ3n) is 2.53. The monoisotopic (exact) mass is 264 g/mol. The molecular weight excluding hydrogens is 244 g/mol. The number of esters is 1. The van der Waals surface area contributed by atoms with Gasteiger partial charge in [0.05, 0.1) is 7.11 Å². The fourth-order valence-corrected chi connectivity index (χ4v) is 1.67. The summed E-state index contributed by atoms with van der Waals surface area (Å²) < 4.78 is 4.68. The Morgan fingerprint density at radius 3 is 2.37 bits per heavy atom. The van der Waals surface area contributed by atoms with Crippen LogP contribution in [-0.2, 0) is 9.53 Å². The van der Waals surface area contributed by atoms with E-state index in [-0.39, 0.29) is 5.92 Å². The van der Waals surface area contributed by atoms with Crippen LogP contribution in [0.4, 0.5) is 10.5 Å². The standard InChI is InChI=1S/C14H20N2O3/c1-10(2)9-12(13(17)19-3)16-14(18)15-11-7-5-4-6-8-11/h4-8,10,12H,9H2,1-3H3,(H2,15,16,18)/t12-/m1/s1. The molecule has 0 heterocycles. The lowest BCUT2D eigenvalue weighted by atomic mass is 10.0. The molecule has 5 heteroatoms. The van der Waals surface area contributed by atoms with E-state index in [9.17, 15) is 9.59 Å². The highest BCUT2D eigenvalue weighted by Crippen LogP contribution is 2.08. The zero-order valence-electron chi connectivity index (χ0n) is 11.5. The Labute approximate surface area is 113 Å². The fraction of sp³-hybridized carbons (Fsp3) is 0.429. The summed E-state index contributed by atoms with van der Waals surface area (Å²) in [6.07, 6.45) is 0.537. The van der Waals surface area contributed by atoms with E-state index >= 15 is 0 Å². The van der Waals surface area contributed by atoms with Gasteiger partial charge in [-0.15, -0.1) is 0 Å². The molecule has 1 atom stereocenters. The minimum absolute atomic E-state index is 0.279. The number of amides is 2. The first-order valence-corrected chi connectivity index (χ1v) is 6.23. The summed E-state index contributed by atoms with van der Waals surface area (Å²) in [5, 5.41) is 5.29. The average Bonchev–Trinajstić information content (AvgIpc) is 2.37. The van der Waals surface area contributed by atoms with Gasteiger partial charge in [-0.05, 0) is 24.5 Å². The van der Waals surface area contributed by atoms with E-state index in [0.29, 0.717) is 12.1 Å². The molecule has 5 nitrogen and oxygen atoms in total. The molecule has 0 saturated carbocycles. The summed E-state index contributed by atoms with van der Waals surface area (Å²) >= 11 is 0. The van der Waals surface area contributed by atoms with Gasteiger partial charge >= 0.3 is 12.0 Å². The molecule has 0 aromatic heterocycles. The van der Waals surface area contributed by atoms with Crippen molar-refractivity contribution >= 4 is 17.7 Å². The third-order valence-corrected chi connectivity index (χ3v) is 2.53. The number of benzene rings is 1. The van der Waals surface area contributed by atoms with Crippen LogP contribution in [0.5, 0.6) is 0 Å². The Morgan fingerprint density at radius 2 is 1.84 bits per heavy atom. The van der Waals surface area contributed by atoms with Crippen molar-refractivity contribution in [2.45, 2.75) is 26.3 Å². The number of urea groups is 1. The first-order valence-electron chi connectivity index (χ1n) is 6.23. The Balaban J connectivity index is 2.58. The van der Waals surface area contributed by atoms with E-state index in [1.54, 1.807) is 12.1 Å². The van der Waals surface area contributed by atoms with Gasteiger partial charge in [0.2, 0.25) is 0 Å². The number of hydrogen-bond acceptors (Lipinski definition) is 3. The van der Waals surface area contributed by atoms with E-state index in [1.165, 1.54) is 7.11 Å². The molecule has 0 aliphatic heterocycles. The largest absolute Gasteiger partial charge is 0.467 e. The van der Waals surface area contributed by atoms with Crippen LogP contribution in [0.1, 0.15) is 20.3 Å². The second-order valence-corrected chi connectivity index (χ2v) is 4.67. The molecule has 19 heavy (non-hydrogen) atoms. The van der Waals surface area contributed by atoms with Gasteiger partial charge in [-0.3, -0.25) is 0 Å². The number of anilines is 1. The molecule has 0 saturated heterocycles. The molecule has 1 aromatic carbocycles. The topological polar surface area (TPSA) is 67.4 Å². The summed E-state index contributed by atoms with van der Waals surface area (Å²) in [7, 11) is 1.31. The van der Waals surface area contributed by atoms with Crippen LogP contribution in [-0.4, -0.2) is 25.2 Å². The van der Waals surface area contributed by atoms with Crippen molar-refractivity contribution in [3.8, 4) is 0 Å². The molecule has 0 radical (unpaired) electrons. The first kappa shape index (κ1) is 15.0. The second-order valence-electron chi connectivity index (χ2n) is 4.67. The number of ether oxygens (including phenoxy) is 1. The van der Waals surface area contributed by atoms with Gasteiger partial charge in [0.25, 0.3) is 0 Å². The summed E-state index contributed by atoms with van der Waals surface area (Å²) in [6.45, 7) is 3.96. The van der Waals surface area contributed by atoms with Crippen LogP contribution < -0.4 is 10.6 Å². The normalized spacial score (nSPS) is 11.8. The molecule has 0 fully saturated rings. The van der Waals surface area contributed by atoms with Gasteiger partial charge in [-0.1, -0.05) is 32.0 Å². The summed E-state index contributed by atoms with van der Waals surface area (Å²) in [5.74, 6) is -0.155. The highest BCUT2D eigenvalue weighted by atomic mass is 16.5. The van der Waals surface area contributed by atoms with Crippen molar-refractivity contribution < 1.29 is 14.3 Å². The van der Waals surface area contributed by atoms with Crippen LogP contribution in [0.2, 0.25) is 0 Å². The number of nitrogens with one attached hydrogen (secondary N) is 2. The van der Waals surface area contributed by atoms with Crippen molar-refractivity contribution in [1.29, 1.82) is 0 Å². The van der Waals surface area contributed by atoms with Crippen molar-refractivity contribution in [1.82, 2.24) is 5.32 Å². The maximum atomic E-state index is 11.8. The van der Waals surface area contributed by atoms with Crippen molar-refractivity contribution in [2.75, 3.05) is 12.4 Å². The SMILES string of the molecule is COC(=O)[C@@H](CC(C)C)NC(=O)Nc1ccccc1. The van der Waals surface area contributed by atoms with Gasteiger partial charge in [-0.2, -0.15) is 0 Å². The minimum atomic E-state index is -0.631. The molecule has 0 unspecified atom stereocenters. The molecule has 2 amide bonds. The van der Waals surface area contributed by atoms with E-state index in [4.69, 9.17) is 0 Å². The Morgan fingerprint density at radius 1 is 1.21 bits per heavy atom. The Bertz CT molecular complexity index is 418. The number of para-hydroxylation sites is 1. The van der Waals surface area contributed by atoms with Gasteiger partial charge in [0.1, 0.15) is 6.04 Å². The predicted molar refractivity (Wildman–Crippen MR) is 73.9 cm³/mol. The van der Waals surface area contributed by atoms with Crippen LogP contribution in [0, 0.1) is 5.92 Å². The lowest BCUT2D eigenvalue weighted by molar-refractivity contribution is -0.143. The summed E-state index contributed by atoms with van der Waals surface area (Å²) in [4.78, 5) is 23.4. The maximum Gasteiger partial charge on any atom is 0.328 e. The van der Waals surface area contributed by atoms with Crippen molar-refractivity contribution in [2.24, 2.45) is 5.92 Å². The summed E-state index contributed by atoms with van der Waals surface area (Å²) in [5.41, 5.74) is 0.674. The van der Waals surface area contributed by atoms with Crippen LogP contribution in [0.3, 0.4) is 0 Å². The number of methoxy groups -OCH3 is 1. The number of carbonyl (C=O) groups is 2. The van der Waals surface area contributed by atoms with Crippen LogP contribution in [0.25, 0.3) is 0 Å². The van der Waals surface area contributed by atoms with Crippen molar-refractivity contribution in [3.63, 3.8) is 0 Å². The highest BCUT2D eigenvalue weighted by Gasteiger charge is 2.22. The smallest absolute Gasteiger partial charge is 0.328 e. The quantitative estimate of drug-likeness (QED) is 0.802. The maximum absolute atomic E-state index is 11.8. The molecule has 2 N–H and O–H groups in total. The average molecular weight is 264 g/mol. The predicted octanol–water partition coefficient (Wildman–Crippen LogP) is 2.40. The molecule has 0 spiro atoms. The Kier molecular flexibility index (Phi) is 5.85.